The second-order valence-electron chi connectivity index (χ2n) is 9.95. The van der Waals surface area contributed by atoms with Gasteiger partial charge in [0.15, 0.2) is 0 Å². The highest BCUT2D eigenvalue weighted by molar-refractivity contribution is 7.89. The van der Waals surface area contributed by atoms with Gasteiger partial charge >= 0.3 is 0 Å². The van der Waals surface area contributed by atoms with Crippen molar-refractivity contribution in [3.63, 3.8) is 0 Å². The maximum absolute atomic E-state index is 13.5. The van der Waals surface area contributed by atoms with Crippen LogP contribution in [0, 0.1) is 17.0 Å². The second-order valence-corrected chi connectivity index (χ2v) is 13.3. The Morgan fingerprint density at radius 2 is 1.90 bits per heavy atom. The summed E-state index contributed by atoms with van der Waals surface area (Å²) in [4.78, 5) is 29.2. The SMILES string of the molecule is Cc1ccccc1[C@@H]1c2ccsc2CCN1CC(=O)N1CCN(S(=O)(=O)c2ccc(Cl)c([N+](=O)[O-])c2)[C@@H](C)C1. The van der Waals surface area contributed by atoms with E-state index in [9.17, 15) is 23.3 Å². The number of piperazine rings is 1. The molecule has 5 rings (SSSR count). The fourth-order valence-electron chi connectivity index (χ4n) is 5.52. The van der Waals surface area contributed by atoms with Crippen molar-refractivity contribution in [3.8, 4) is 0 Å². The van der Waals surface area contributed by atoms with Crippen molar-refractivity contribution in [3.05, 3.63) is 90.6 Å². The summed E-state index contributed by atoms with van der Waals surface area (Å²) in [6.45, 7) is 5.41. The molecule has 0 N–H and O–H groups in total. The van der Waals surface area contributed by atoms with E-state index in [0.717, 1.165) is 19.0 Å². The molecule has 12 heteroatoms. The van der Waals surface area contributed by atoms with Crippen molar-refractivity contribution >= 4 is 44.6 Å². The number of amides is 1. The number of carbonyl (C=O) groups excluding carboxylic acids is 1. The molecule has 0 unspecified atom stereocenters. The van der Waals surface area contributed by atoms with Gasteiger partial charge in [-0.15, -0.1) is 11.3 Å². The van der Waals surface area contributed by atoms with Gasteiger partial charge in [-0.2, -0.15) is 4.31 Å². The average Bonchev–Trinajstić information content (AvgIpc) is 3.38. The lowest BCUT2D eigenvalue weighted by molar-refractivity contribution is -0.384. The molecule has 206 valence electrons. The normalized spacial score (nSPS) is 20.5. The lowest BCUT2D eigenvalue weighted by Crippen LogP contribution is -2.57. The zero-order valence-corrected chi connectivity index (χ0v) is 24.0. The molecule has 0 saturated carbocycles. The highest BCUT2D eigenvalue weighted by Crippen LogP contribution is 2.39. The van der Waals surface area contributed by atoms with E-state index in [4.69, 9.17) is 11.6 Å². The van der Waals surface area contributed by atoms with Gasteiger partial charge in [0, 0.05) is 43.2 Å². The van der Waals surface area contributed by atoms with Crippen molar-refractivity contribution < 1.29 is 18.1 Å². The average molecular weight is 589 g/mol. The van der Waals surface area contributed by atoms with Crippen LogP contribution in [-0.4, -0.2) is 72.1 Å². The topological polar surface area (TPSA) is 104 Å². The van der Waals surface area contributed by atoms with Crippen LogP contribution in [0.15, 0.2) is 58.8 Å². The zero-order valence-electron chi connectivity index (χ0n) is 21.6. The molecule has 9 nitrogen and oxygen atoms in total. The first-order valence-corrected chi connectivity index (χ1v) is 15.4. The Morgan fingerprint density at radius 1 is 1.13 bits per heavy atom. The zero-order chi connectivity index (χ0) is 27.9. The summed E-state index contributed by atoms with van der Waals surface area (Å²) in [5, 5.41) is 13.3. The van der Waals surface area contributed by atoms with Gasteiger partial charge in [0.2, 0.25) is 15.9 Å². The van der Waals surface area contributed by atoms with Crippen molar-refractivity contribution in [2.75, 3.05) is 32.7 Å². The lowest BCUT2D eigenvalue weighted by atomic mass is 9.90. The van der Waals surface area contributed by atoms with Crippen molar-refractivity contribution in [2.45, 2.75) is 37.2 Å². The number of benzene rings is 2. The fourth-order valence-corrected chi connectivity index (χ4v) is 8.25. The molecule has 0 bridgehead atoms. The van der Waals surface area contributed by atoms with Crippen LogP contribution in [0.1, 0.15) is 34.5 Å². The predicted molar refractivity (Wildman–Crippen MR) is 151 cm³/mol. The molecule has 0 radical (unpaired) electrons. The number of hydrogen-bond donors (Lipinski definition) is 0. The summed E-state index contributed by atoms with van der Waals surface area (Å²) < 4.78 is 28.0. The van der Waals surface area contributed by atoms with Crippen LogP contribution in [0.4, 0.5) is 5.69 Å². The molecule has 3 heterocycles. The molecule has 1 aromatic heterocycles. The molecule has 3 aromatic rings. The smallest absolute Gasteiger partial charge is 0.289 e. The van der Waals surface area contributed by atoms with Gasteiger partial charge in [-0.25, -0.2) is 8.42 Å². The van der Waals surface area contributed by atoms with E-state index in [1.54, 1.807) is 23.2 Å². The maximum Gasteiger partial charge on any atom is 0.289 e. The number of hydrogen-bond acceptors (Lipinski definition) is 7. The summed E-state index contributed by atoms with van der Waals surface area (Å²) in [6.07, 6.45) is 0.887. The van der Waals surface area contributed by atoms with Crippen molar-refractivity contribution in [1.29, 1.82) is 0 Å². The van der Waals surface area contributed by atoms with Crippen LogP contribution >= 0.6 is 22.9 Å². The number of aryl methyl sites for hydroxylation is 1. The molecule has 0 aliphatic carbocycles. The number of carbonyl (C=O) groups is 1. The number of halogens is 1. The van der Waals surface area contributed by atoms with Crippen molar-refractivity contribution in [2.24, 2.45) is 0 Å². The standard InChI is InChI=1S/C27H29ClN4O5S2/c1-18-5-3-4-6-21(18)27-22-10-14-38-25(22)9-11-30(27)17-26(33)29-12-13-31(19(2)16-29)39(36,37)20-7-8-23(28)24(15-20)32(34)35/h3-8,10,14-15,19,27H,9,11-13,16-17H2,1-2H3/t19-,27+/m0/s1. The number of nitro groups is 1. The minimum atomic E-state index is -4.01. The second kappa shape index (κ2) is 11.0. The first-order valence-electron chi connectivity index (χ1n) is 12.7. The van der Waals surface area contributed by atoms with Crippen molar-refractivity contribution in [1.82, 2.24) is 14.1 Å². The van der Waals surface area contributed by atoms with E-state index in [1.807, 2.05) is 12.1 Å². The number of rotatable bonds is 6. The van der Waals surface area contributed by atoms with Crippen LogP contribution in [0.5, 0.6) is 0 Å². The quantitative estimate of drug-likeness (QED) is 0.310. The number of sulfonamides is 1. The minimum absolute atomic E-state index is 0.00932. The molecule has 2 aliphatic rings. The summed E-state index contributed by atoms with van der Waals surface area (Å²) in [6, 6.07) is 13.4. The van der Waals surface area contributed by atoms with Crippen LogP contribution in [0.3, 0.4) is 0 Å². The third-order valence-electron chi connectivity index (χ3n) is 7.53. The largest absolute Gasteiger partial charge is 0.339 e. The Hall–Kier alpha value is -2.83. The highest BCUT2D eigenvalue weighted by Gasteiger charge is 2.38. The first kappa shape index (κ1) is 27.7. The molecular weight excluding hydrogens is 560 g/mol. The summed E-state index contributed by atoms with van der Waals surface area (Å²) in [5.74, 6) is -0.0432. The molecule has 1 fully saturated rings. The van der Waals surface area contributed by atoms with Gasteiger partial charge in [-0.1, -0.05) is 35.9 Å². The van der Waals surface area contributed by atoms with Crippen LogP contribution in [0.25, 0.3) is 0 Å². The van der Waals surface area contributed by atoms with Crippen LogP contribution < -0.4 is 0 Å². The maximum atomic E-state index is 13.5. The number of thiophene rings is 1. The first-order chi connectivity index (χ1) is 18.6. The van der Waals surface area contributed by atoms with E-state index in [0.29, 0.717) is 0 Å². The molecule has 1 saturated heterocycles. The van der Waals surface area contributed by atoms with Gasteiger partial charge < -0.3 is 4.90 Å². The Kier molecular flexibility index (Phi) is 7.80. The monoisotopic (exact) mass is 588 g/mol. The Bertz CT molecular complexity index is 1530. The molecule has 2 atom stereocenters. The lowest BCUT2D eigenvalue weighted by Gasteiger charge is -2.41. The third kappa shape index (κ3) is 5.33. The summed E-state index contributed by atoms with van der Waals surface area (Å²) in [5.41, 5.74) is 3.15. The van der Waals surface area contributed by atoms with E-state index < -0.39 is 26.7 Å². The van der Waals surface area contributed by atoms with Gasteiger partial charge in [-0.3, -0.25) is 19.8 Å². The van der Waals surface area contributed by atoms with Gasteiger partial charge in [0.05, 0.1) is 22.4 Å². The summed E-state index contributed by atoms with van der Waals surface area (Å²) in [7, 11) is -4.01. The number of fused-ring (bicyclic) bond motifs is 1. The van der Waals surface area contributed by atoms with E-state index in [-0.39, 0.29) is 48.0 Å². The van der Waals surface area contributed by atoms with Crippen LogP contribution in [0.2, 0.25) is 5.02 Å². The van der Waals surface area contributed by atoms with Crippen LogP contribution in [-0.2, 0) is 21.2 Å². The fraction of sp³-hybridized carbons (Fsp3) is 0.370. The molecular formula is C27H29ClN4O5S2. The number of nitrogens with zero attached hydrogens (tertiary/aromatic N) is 4. The number of nitro benzene ring substituents is 1. The Balaban J connectivity index is 1.31. The molecule has 39 heavy (non-hydrogen) atoms. The van der Waals surface area contributed by atoms with Gasteiger partial charge in [-0.05, 0) is 60.5 Å². The third-order valence-corrected chi connectivity index (χ3v) is 10.9. The summed E-state index contributed by atoms with van der Waals surface area (Å²) >= 11 is 7.63. The van der Waals surface area contributed by atoms with E-state index in [1.165, 1.54) is 38.0 Å². The molecule has 1 amide bonds. The predicted octanol–water partition coefficient (Wildman–Crippen LogP) is 4.49. The Labute approximate surface area is 236 Å². The molecule has 2 aliphatic heterocycles. The van der Waals surface area contributed by atoms with Gasteiger partial charge in [0.25, 0.3) is 5.69 Å². The van der Waals surface area contributed by atoms with E-state index >= 15 is 0 Å². The van der Waals surface area contributed by atoms with E-state index in [2.05, 4.69) is 35.4 Å². The minimum Gasteiger partial charge on any atom is -0.339 e. The van der Waals surface area contributed by atoms with Gasteiger partial charge in [0.1, 0.15) is 5.02 Å². The molecule has 0 spiro atoms. The highest BCUT2D eigenvalue weighted by atomic mass is 35.5. The molecule has 2 aromatic carbocycles. The Morgan fingerprint density at radius 3 is 2.62 bits per heavy atom.